The van der Waals surface area contributed by atoms with E-state index in [9.17, 15) is 0 Å². The van der Waals surface area contributed by atoms with Gasteiger partial charge >= 0.3 is 0 Å². The maximum atomic E-state index is 5.66. The molecule has 0 amide bonds. The summed E-state index contributed by atoms with van der Waals surface area (Å²) in [6.45, 7) is 0. The summed E-state index contributed by atoms with van der Waals surface area (Å²) >= 11 is 6.63. The zero-order valence-corrected chi connectivity index (χ0v) is 10.5. The molecule has 0 bridgehead atoms. The van der Waals surface area contributed by atoms with Crippen molar-refractivity contribution in [2.75, 3.05) is 11.5 Å². The first kappa shape index (κ1) is 10.5. The predicted octanol–water partition coefficient (Wildman–Crippen LogP) is 1.37. The van der Waals surface area contributed by atoms with Gasteiger partial charge in [0.15, 0.2) is 17.0 Å². The molecular formula is C7H6Br2N6. The molecule has 2 aromatic heterocycles. The molecule has 6 nitrogen and oxygen atoms in total. The second-order valence-corrected chi connectivity index (χ2v) is 5.79. The van der Waals surface area contributed by atoms with E-state index in [1.165, 1.54) is 0 Å². The van der Waals surface area contributed by atoms with Crippen molar-refractivity contribution in [1.82, 2.24) is 19.9 Å². The number of alkyl halides is 2. The van der Waals surface area contributed by atoms with Crippen molar-refractivity contribution in [1.29, 1.82) is 0 Å². The zero-order chi connectivity index (χ0) is 11.0. The highest BCUT2D eigenvalue weighted by Gasteiger charge is 2.10. The van der Waals surface area contributed by atoms with Crippen molar-refractivity contribution >= 4 is 54.8 Å². The second-order valence-electron chi connectivity index (χ2n) is 2.73. The number of halogens is 2. The molecule has 0 saturated heterocycles. The van der Waals surface area contributed by atoms with Gasteiger partial charge < -0.3 is 11.5 Å². The summed E-state index contributed by atoms with van der Waals surface area (Å²) in [5.74, 6) is 0.323. The maximum absolute atomic E-state index is 5.66. The summed E-state index contributed by atoms with van der Waals surface area (Å²) in [7, 11) is 0. The lowest BCUT2D eigenvalue weighted by Gasteiger charge is -2.04. The summed E-state index contributed by atoms with van der Waals surface area (Å²) in [4.78, 5) is 16.1. The standard InChI is InChI=1S/C7H6Br2N6/c8-4(9)2-1-12-6-3(13-2)5(10)14-7(11)15-6/h1,4H,(H4,10,11,12,14,15). The van der Waals surface area contributed by atoms with Gasteiger partial charge in [0.05, 0.1) is 11.9 Å². The number of nitrogens with zero attached hydrogens (tertiary/aromatic N) is 4. The summed E-state index contributed by atoms with van der Waals surface area (Å²) in [6, 6.07) is 0. The van der Waals surface area contributed by atoms with Gasteiger partial charge in [-0.25, -0.2) is 9.97 Å². The smallest absolute Gasteiger partial charge is 0.224 e. The molecule has 0 radical (unpaired) electrons. The molecule has 0 aliphatic rings. The van der Waals surface area contributed by atoms with Gasteiger partial charge in [0.2, 0.25) is 5.95 Å². The molecule has 8 heteroatoms. The SMILES string of the molecule is Nc1nc(N)c2nc(C(Br)Br)cnc2n1. The topological polar surface area (TPSA) is 104 Å². The summed E-state index contributed by atoms with van der Waals surface area (Å²) in [5, 5.41) is 0. The minimum atomic E-state index is -0.0844. The third-order valence-corrected chi connectivity index (χ3v) is 2.63. The Morgan fingerprint density at radius 1 is 1.13 bits per heavy atom. The third kappa shape index (κ3) is 2.00. The number of rotatable bonds is 1. The molecule has 0 spiro atoms. The lowest BCUT2D eigenvalue weighted by molar-refractivity contribution is 1.11. The van der Waals surface area contributed by atoms with E-state index in [4.69, 9.17) is 11.5 Å². The van der Waals surface area contributed by atoms with Crippen molar-refractivity contribution in [3.8, 4) is 0 Å². The Morgan fingerprint density at radius 3 is 2.53 bits per heavy atom. The second kappa shape index (κ2) is 3.86. The van der Waals surface area contributed by atoms with E-state index in [-0.39, 0.29) is 15.5 Å². The van der Waals surface area contributed by atoms with E-state index in [1.54, 1.807) is 6.20 Å². The largest absolute Gasteiger partial charge is 0.382 e. The first-order valence-corrected chi connectivity index (χ1v) is 5.75. The maximum Gasteiger partial charge on any atom is 0.224 e. The molecule has 4 N–H and O–H groups in total. The van der Waals surface area contributed by atoms with Gasteiger partial charge in [-0.1, -0.05) is 31.9 Å². The number of nitrogens with two attached hydrogens (primary N) is 2. The van der Waals surface area contributed by atoms with Gasteiger partial charge in [-0.15, -0.1) is 0 Å². The summed E-state index contributed by atoms with van der Waals surface area (Å²) in [5.41, 5.74) is 12.6. The Morgan fingerprint density at radius 2 is 1.87 bits per heavy atom. The van der Waals surface area contributed by atoms with E-state index in [0.717, 1.165) is 0 Å². The average Bonchev–Trinajstić information content (AvgIpc) is 2.16. The third-order valence-electron chi connectivity index (χ3n) is 1.69. The molecule has 2 heterocycles. The molecule has 0 aliphatic carbocycles. The van der Waals surface area contributed by atoms with Crippen LogP contribution in [-0.2, 0) is 0 Å². The fraction of sp³-hybridized carbons (Fsp3) is 0.143. The molecule has 15 heavy (non-hydrogen) atoms. The Kier molecular flexibility index (Phi) is 2.70. The van der Waals surface area contributed by atoms with E-state index in [2.05, 4.69) is 51.8 Å². The Labute approximate surface area is 102 Å². The van der Waals surface area contributed by atoms with Crippen LogP contribution in [0.3, 0.4) is 0 Å². The summed E-state index contributed by atoms with van der Waals surface area (Å²) in [6.07, 6.45) is 1.59. The lowest BCUT2D eigenvalue weighted by atomic mass is 10.4. The first-order chi connectivity index (χ1) is 7.08. The molecule has 0 fully saturated rings. The molecule has 0 unspecified atom stereocenters. The minimum absolute atomic E-state index is 0.0844. The fourth-order valence-electron chi connectivity index (χ4n) is 1.07. The highest BCUT2D eigenvalue weighted by Crippen LogP contribution is 2.28. The Bertz CT molecular complexity index is 514. The van der Waals surface area contributed by atoms with Gasteiger partial charge in [-0.05, 0) is 0 Å². The number of anilines is 2. The van der Waals surface area contributed by atoms with E-state index in [1.807, 2.05) is 0 Å². The van der Waals surface area contributed by atoms with Crippen LogP contribution in [0.4, 0.5) is 11.8 Å². The number of nitrogen functional groups attached to an aromatic ring is 2. The van der Waals surface area contributed by atoms with Crippen LogP contribution in [0.2, 0.25) is 0 Å². The Balaban J connectivity index is 2.71. The van der Waals surface area contributed by atoms with Crippen LogP contribution in [0.25, 0.3) is 11.2 Å². The van der Waals surface area contributed by atoms with Crippen LogP contribution >= 0.6 is 31.9 Å². The molecule has 0 atom stereocenters. The molecular weight excluding hydrogens is 328 g/mol. The van der Waals surface area contributed by atoms with E-state index >= 15 is 0 Å². The normalized spacial score (nSPS) is 11.1. The lowest BCUT2D eigenvalue weighted by Crippen LogP contribution is -2.04. The predicted molar refractivity (Wildman–Crippen MR) is 64.5 cm³/mol. The van der Waals surface area contributed by atoms with Gasteiger partial charge in [-0.2, -0.15) is 9.97 Å². The van der Waals surface area contributed by atoms with Crippen LogP contribution in [0.5, 0.6) is 0 Å². The molecule has 2 aromatic rings. The van der Waals surface area contributed by atoms with Crippen molar-refractivity contribution in [3.05, 3.63) is 11.9 Å². The minimum Gasteiger partial charge on any atom is -0.382 e. The van der Waals surface area contributed by atoms with Crippen molar-refractivity contribution in [2.45, 2.75) is 3.74 Å². The van der Waals surface area contributed by atoms with Crippen molar-refractivity contribution in [3.63, 3.8) is 0 Å². The molecule has 2 rings (SSSR count). The molecule has 0 aromatic carbocycles. The van der Waals surface area contributed by atoms with Gasteiger partial charge in [0.1, 0.15) is 3.74 Å². The average molecular weight is 334 g/mol. The van der Waals surface area contributed by atoms with Gasteiger partial charge in [0, 0.05) is 0 Å². The van der Waals surface area contributed by atoms with Crippen molar-refractivity contribution < 1.29 is 0 Å². The van der Waals surface area contributed by atoms with Crippen LogP contribution in [0.1, 0.15) is 9.43 Å². The Hall–Kier alpha value is -1.02. The van der Waals surface area contributed by atoms with Crippen LogP contribution < -0.4 is 11.5 Å². The van der Waals surface area contributed by atoms with Gasteiger partial charge in [-0.3, -0.25) is 0 Å². The highest BCUT2D eigenvalue weighted by atomic mass is 79.9. The first-order valence-electron chi connectivity index (χ1n) is 3.91. The zero-order valence-electron chi connectivity index (χ0n) is 7.35. The van der Waals surface area contributed by atoms with Crippen LogP contribution in [-0.4, -0.2) is 19.9 Å². The molecule has 0 saturated carbocycles. The van der Waals surface area contributed by atoms with E-state index < -0.39 is 0 Å². The number of hydrogen-bond acceptors (Lipinski definition) is 6. The quantitative estimate of drug-likeness (QED) is 0.764. The number of fused-ring (bicyclic) bond motifs is 1. The number of hydrogen-bond donors (Lipinski definition) is 2. The monoisotopic (exact) mass is 332 g/mol. The van der Waals surface area contributed by atoms with Crippen molar-refractivity contribution in [2.24, 2.45) is 0 Å². The van der Waals surface area contributed by atoms with Crippen LogP contribution in [0.15, 0.2) is 6.20 Å². The highest BCUT2D eigenvalue weighted by molar-refractivity contribution is 9.24. The van der Waals surface area contributed by atoms with E-state index in [0.29, 0.717) is 16.9 Å². The molecule has 0 aliphatic heterocycles. The number of aromatic nitrogens is 4. The fourth-order valence-corrected chi connectivity index (χ4v) is 1.51. The molecule has 78 valence electrons. The van der Waals surface area contributed by atoms with Crippen LogP contribution in [0, 0.1) is 0 Å². The summed E-state index contributed by atoms with van der Waals surface area (Å²) < 4.78 is -0.0844. The van der Waals surface area contributed by atoms with Gasteiger partial charge in [0.25, 0.3) is 0 Å².